The molecule has 126 valence electrons. The van der Waals surface area contributed by atoms with Crippen LogP contribution in [0.25, 0.3) is 0 Å². The fourth-order valence-corrected chi connectivity index (χ4v) is 1.79. The van der Waals surface area contributed by atoms with Crippen molar-refractivity contribution in [3.63, 3.8) is 0 Å². The first-order valence-corrected chi connectivity index (χ1v) is 6.15. The Morgan fingerprint density at radius 3 is 2.67 bits per heavy atom. The molecular weight excluding hydrogens is 333 g/mol. The van der Waals surface area contributed by atoms with E-state index in [1.54, 1.807) is 11.1 Å². The van der Waals surface area contributed by atoms with Gasteiger partial charge in [-0.1, -0.05) is 0 Å². The number of aromatic nitrogens is 3. The lowest BCUT2D eigenvalue weighted by Gasteiger charge is -2.06. The fraction of sp³-hybridized carbons (Fsp3) is 0.250. The van der Waals surface area contributed by atoms with Gasteiger partial charge in [-0.2, -0.15) is 18.4 Å². The fourth-order valence-electron chi connectivity index (χ4n) is 1.79. The van der Waals surface area contributed by atoms with E-state index < -0.39 is 28.9 Å². The summed E-state index contributed by atoms with van der Waals surface area (Å²) >= 11 is 0. The molecule has 0 bridgehead atoms. The van der Waals surface area contributed by atoms with Gasteiger partial charge in [0.15, 0.2) is 5.56 Å². The zero-order valence-electron chi connectivity index (χ0n) is 12.2. The normalized spacial score (nSPS) is 11.7. The number of aromatic hydroxyl groups is 1. The number of aromatic amines is 1. The summed E-state index contributed by atoms with van der Waals surface area (Å²) in [5, 5.41) is 29.3. The van der Waals surface area contributed by atoms with E-state index in [1.807, 2.05) is 0 Å². The van der Waals surface area contributed by atoms with Gasteiger partial charge in [-0.25, -0.2) is 4.68 Å². The van der Waals surface area contributed by atoms with Crippen molar-refractivity contribution in [2.45, 2.75) is 6.18 Å². The number of azo groups is 1. The number of aryl methyl sites for hydroxylation is 1. The van der Waals surface area contributed by atoms with Gasteiger partial charge in [0, 0.05) is 7.05 Å². The number of ether oxygens (including phenoxy) is 1. The third kappa shape index (κ3) is 3.05. The summed E-state index contributed by atoms with van der Waals surface area (Å²) in [5.74, 6) is -1.05. The number of hydrogen-bond donors (Lipinski definition) is 2. The minimum Gasteiger partial charge on any atom is -0.493 e. The average Bonchev–Trinajstić information content (AvgIpc) is 2.79. The molecule has 0 aromatic carbocycles. The predicted molar refractivity (Wildman–Crippen MR) is 72.4 cm³/mol. The molecule has 2 aromatic heterocycles. The van der Waals surface area contributed by atoms with Crippen molar-refractivity contribution in [2.75, 3.05) is 7.11 Å². The van der Waals surface area contributed by atoms with E-state index in [4.69, 9.17) is 10.00 Å². The monoisotopic (exact) mass is 342 g/mol. The molecule has 0 aliphatic carbocycles. The van der Waals surface area contributed by atoms with Crippen molar-refractivity contribution in [3.05, 3.63) is 27.5 Å². The Hall–Kier alpha value is -3.36. The van der Waals surface area contributed by atoms with E-state index in [2.05, 4.69) is 15.3 Å². The van der Waals surface area contributed by atoms with Crippen molar-refractivity contribution in [1.29, 1.82) is 5.26 Å². The van der Waals surface area contributed by atoms with E-state index in [-0.39, 0.29) is 17.3 Å². The van der Waals surface area contributed by atoms with Crippen LogP contribution in [0.15, 0.2) is 21.1 Å². The van der Waals surface area contributed by atoms with Gasteiger partial charge >= 0.3 is 6.18 Å². The number of hydrogen-bond acceptors (Lipinski definition) is 7. The summed E-state index contributed by atoms with van der Waals surface area (Å²) in [4.78, 5) is 12.8. The van der Waals surface area contributed by atoms with Gasteiger partial charge in [0.1, 0.15) is 17.3 Å². The number of rotatable bonds is 3. The number of pyridine rings is 1. The maximum absolute atomic E-state index is 12.7. The average molecular weight is 342 g/mol. The van der Waals surface area contributed by atoms with Crippen molar-refractivity contribution in [1.82, 2.24) is 14.8 Å². The Balaban J connectivity index is 2.51. The molecule has 9 nitrogen and oxygen atoms in total. The second-order valence-corrected chi connectivity index (χ2v) is 4.39. The zero-order chi connectivity index (χ0) is 18.1. The molecule has 12 heteroatoms. The molecule has 2 aromatic rings. The van der Waals surface area contributed by atoms with Crippen LogP contribution >= 0.6 is 0 Å². The van der Waals surface area contributed by atoms with Gasteiger partial charge in [-0.05, 0) is 6.07 Å². The number of nitrogens with zero attached hydrogens (tertiary/aromatic N) is 5. The molecule has 24 heavy (non-hydrogen) atoms. The van der Waals surface area contributed by atoms with Gasteiger partial charge in [0.25, 0.3) is 5.56 Å². The molecule has 0 spiro atoms. The second-order valence-electron chi connectivity index (χ2n) is 4.39. The highest BCUT2D eigenvalue weighted by molar-refractivity contribution is 5.55. The van der Waals surface area contributed by atoms with Gasteiger partial charge < -0.3 is 9.84 Å². The summed E-state index contributed by atoms with van der Waals surface area (Å²) in [5.41, 5.74) is -3.80. The van der Waals surface area contributed by atoms with E-state index in [0.29, 0.717) is 6.07 Å². The smallest absolute Gasteiger partial charge is 0.421 e. The third-order valence-corrected chi connectivity index (χ3v) is 2.84. The van der Waals surface area contributed by atoms with Crippen LogP contribution in [-0.4, -0.2) is 27.0 Å². The van der Waals surface area contributed by atoms with Gasteiger partial charge in [0.05, 0.1) is 7.11 Å². The maximum atomic E-state index is 12.7. The molecule has 0 aliphatic rings. The van der Waals surface area contributed by atoms with E-state index >= 15 is 0 Å². The van der Waals surface area contributed by atoms with Crippen LogP contribution in [0.3, 0.4) is 0 Å². The first-order chi connectivity index (χ1) is 11.2. The number of H-pyrrole nitrogens is 1. The first kappa shape index (κ1) is 17.0. The standard InChI is InChI=1S/C12H9F3N6O3/c1-21-11(24-2)5(4-16)8(20-21)19-18-7-3-6(12(13,14)15)9(22)17-10(7)23/h3H,1-2H3,(H2,17,22,23). The van der Waals surface area contributed by atoms with E-state index in [9.17, 15) is 23.1 Å². The van der Waals surface area contributed by atoms with Crippen LogP contribution in [0.4, 0.5) is 24.7 Å². The molecule has 0 atom stereocenters. The van der Waals surface area contributed by atoms with Gasteiger partial charge in [0.2, 0.25) is 17.6 Å². The Labute approximate surface area is 131 Å². The predicted octanol–water partition coefficient (Wildman–Crippen LogP) is 2.13. The van der Waals surface area contributed by atoms with Crippen LogP contribution in [-0.2, 0) is 13.2 Å². The van der Waals surface area contributed by atoms with Crippen LogP contribution < -0.4 is 10.3 Å². The summed E-state index contributed by atoms with van der Waals surface area (Å²) in [6.45, 7) is 0. The number of nitriles is 1. The molecule has 0 radical (unpaired) electrons. The quantitative estimate of drug-likeness (QED) is 0.826. The highest BCUT2D eigenvalue weighted by Gasteiger charge is 2.35. The number of alkyl halides is 3. The number of halogens is 3. The lowest BCUT2D eigenvalue weighted by atomic mass is 10.2. The topological polar surface area (TPSA) is 129 Å². The largest absolute Gasteiger partial charge is 0.493 e. The Bertz CT molecular complexity index is 906. The van der Waals surface area contributed by atoms with Crippen LogP contribution in [0, 0.1) is 11.3 Å². The minimum absolute atomic E-state index is 0.0770. The number of methoxy groups -OCH3 is 1. The Kier molecular flexibility index (Phi) is 4.27. The van der Waals surface area contributed by atoms with E-state index in [1.165, 1.54) is 18.8 Å². The first-order valence-electron chi connectivity index (χ1n) is 6.15. The lowest BCUT2D eigenvalue weighted by Crippen LogP contribution is -2.20. The molecular formula is C12H9F3N6O3. The van der Waals surface area contributed by atoms with Crippen LogP contribution in [0.1, 0.15) is 11.1 Å². The summed E-state index contributed by atoms with van der Waals surface area (Å²) in [6.07, 6.45) is -4.93. The highest BCUT2D eigenvalue weighted by atomic mass is 19.4. The molecule has 0 aliphatic heterocycles. The Morgan fingerprint density at radius 1 is 1.46 bits per heavy atom. The molecule has 2 heterocycles. The molecule has 0 unspecified atom stereocenters. The molecule has 0 saturated heterocycles. The zero-order valence-corrected chi connectivity index (χ0v) is 12.2. The summed E-state index contributed by atoms with van der Waals surface area (Å²) in [6, 6.07) is 2.11. The number of nitrogens with one attached hydrogen (secondary N) is 1. The maximum Gasteiger partial charge on any atom is 0.421 e. The lowest BCUT2D eigenvalue weighted by molar-refractivity contribution is -0.138. The summed E-state index contributed by atoms with van der Waals surface area (Å²) in [7, 11) is 2.75. The van der Waals surface area contributed by atoms with E-state index in [0.717, 1.165) is 0 Å². The molecule has 2 N–H and O–H groups in total. The van der Waals surface area contributed by atoms with Crippen LogP contribution in [0.5, 0.6) is 11.8 Å². The van der Waals surface area contributed by atoms with Crippen molar-refractivity contribution < 1.29 is 23.0 Å². The van der Waals surface area contributed by atoms with Crippen molar-refractivity contribution in [3.8, 4) is 17.8 Å². The van der Waals surface area contributed by atoms with Crippen molar-refractivity contribution in [2.24, 2.45) is 17.3 Å². The molecule has 0 saturated carbocycles. The third-order valence-electron chi connectivity index (χ3n) is 2.84. The molecule has 2 rings (SSSR count). The second kappa shape index (κ2) is 6.03. The Morgan fingerprint density at radius 2 is 2.12 bits per heavy atom. The summed E-state index contributed by atoms with van der Waals surface area (Å²) < 4.78 is 44.2. The van der Waals surface area contributed by atoms with Crippen molar-refractivity contribution >= 4 is 11.5 Å². The molecule has 0 amide bonds. The molecule has 0 fully saturated rings. The van der Waals surface area contributed by atoms with Crippen LogP contribution in [0.2, 0.25) is 0 Å². The van der Waals surface area contributed by atoms with Gasteiger partial charge in [-0.3, -0.25) is 9.78 Å². The minimum atomic E-state index is -4.93. The van der Waals surface area contributed by atoms with Gasteiger partial charge in [-0.15, -0.1) is 15.3 Å². The SMILES string of the molecule is COc1c(C#N)c(N=Nc2cc(C(F)(F)F)c(=O)[nH]c2O)nn1C. The highest BCUT2D eigenvalue weighted by Crippen LogP contribution is 2.33.